The van der Waals surface area contributed by atoms with Crippen molar-refractivity contribution < 1.29 is 9.32 Å². The SMILES string of the molecule is CCC(CC)c1cc(CNC(=NC)NCCNC(=O)c2ccccc2Cl)on1.I. The highest BCUT2D eigenvalue weighted by Gasteiger charge is 2.13. The fraction of sp³-hybridized carbons (Fsp3) is 0.450. The van der Waals surface area contributed by atoms with Crippen molar-refractivity contribution in [1.29, 1.82) is 0 Å². The van der Waals surface area contributed by atoms with Gasteiger partial charge in [-0.25, -0.2) is 0 Å². The summed E-state index contributed by atoms with van der Waals surface area (Å²) in [6.45, 7) is 5.74. The minimum Gasteiger partial charge on any atom is -0.359 e. The number of nitrogens with zero attached hydrogens (tertiary/aromatic N) is 2. The van der Waals surface area contributed by atoms with E-state index in [4.69, 9.17) is 16.1 Å². The van der Waals surface area contributed by atoms with Crippen LogP contribution in [-0.2, 0) is 6.54 Å². The molecule has 3 N–H and O–H groups in total. The molecule has 0 saturated heterocycles. The number of hydrogen-bond donors (Lipinski definition) is 3. The van der Waals surface area contributed by atoms with Crippen LogP contribution in [0.3, 0.4) is 0 Å². The number of nitrogens with one attached hydrogen (secondary N) is 3. The maximum Gasteiger partial charge on any atom is 0.252 e. The van der Waals surface area contributed by atoms with Crippen LogP contribution < -0.4 is 16.0 Å². The molecular weight excluding hydrogens is 505 g/mol. The number of guanidine groups is 1. The van der Waals surface area contributed by atoms with Gasteiger partial charge in [-0.3, -0.25) is 9.79 Å². The fourth-order valence-electron chi connectivity index (χ4n) is 2.80. The summed E-state index contributed by atoms with van der Waals surface area (Å²) in [6.07, 6.45) is 2.08. The van der Waals surface area contributed by atoms with Crippen LogP contribution in [0.2, 0.25) is 5.02 Å². The lowest BCUT2D eigenvalue weighted by Gasteiger charge is -2.11. The second-order valence-corrected chi connectivity index (χ2v) is 6.73. The van der Waals surface area contributed by atoms with Crippen LogP contribution >= 0.6 is 35.6 Å². The molecule has 0 atom stereocenters. The second kappa shape index (κ2) is 13.4. The van der Waals surface area contributed by atoms with Gasteiger partial charge in [0.15, 0.2) is 11.7 Å². The molecule has 0 aliphatic carbocycles. The first-order valence-corrected chi connectivity index (χ1v) is 9.89. The van der Waals surface area contributed by atoms with E-state index in [2.05, 4.69) is 39.9 Å². The molecule has 7 nitrogen and oxygen atoms in total. The average Bonchev–Trinajstić information content (AvgIpc) is 3.17. The van der Waals surface area contributed by atoms with Crippen molar-refractivity contribution >= 4 is 47.4 Å². The minimum atomic E-state index is -0.203. The molecule has 0 spiro atoms. The second-order valence-electron chi connectivity index (χ2n) is 6.32. The van der Waals surface area contributed by atoms with E-state index in [1.807, 2.05) is 6.07 Å². The number of aromatic nitrogens is 1. The molecule has 0 saturated carbocycles. The Morgan fingerprint density at radius 3 is 2.52 bits per heavy atom. The summed E-state index contributed by atoms with van der Waals surface area (Å²) in [6, 6.07) is 8.95. The van der Waals surface area contributed by atoms with E-state index in [1.165, 1.54) is 0 Å². The zero-order chi connectivity index (χ0) is 20.4. The summed E-state index contributed by atoms with van der Waals surface area (Å²) in [5.74, 6) is 1.60. The predicted molar refractivity (Wildman–Crippen MR) is 127 cm³/mol. The number of aliphatic imine (C=N–C) groups is 1. The van der Waals surface area contributed by atoms with Gasteiger partial charge in [-0.2, -0.15) is 0 Å². The van der Waals surface area contributed by atoms with Crippen molar-refractivity contribution in [2.24, 2.45) is 4.99 Å². The highest BCUT2D eigenvalue weighted by Crippen LogP contribution is 2.22. The molecule has 1 amide bonds. The van der Waals surface area contributed by atoms with Crippen LogP contribution in [0.4, 0.5) is 0 Å². The Morgan fingerprint density at radius 1 is 1.17 bits per heavy atom. The van der Waals surface area contributed by atoms with E-state index in [0.717, 1.165) is 24.3 Å². The summed E-state index contributed by atoms with van der Waals surface area (Å²) in [4.78, 5) is 16.3. The van der Waals surface area contributed by atoms with Gasteiger partial charge in [0.25, 0.3) is 5.91 Å². The molecule has 2 rings (SSSR count). The van der Waals surface area contributed by atoms with Crippen molar-refractivity contribution in [2.45, 2.75) is 39.2 Å². The van der Waals surface area contributed by atoms with Crippen LogP contribution in [0.25, 0.3) is 0 Å². The Bertz CT molecular complexity index is 793. The number of hydrogen-bond acceptors (Lipinski definition) is 4. The Hall–Kier alpha value is -1.81. The molecule has 160 valence electrons. The maximum atomic E-state index is 12.1. The largest absolute Gasteiger partial charge is 0.359 e. The lowest BCUT2D eigenvalue weighted by Crippen LogP contribution is -2.41. The van der Waals surface area contributed by atoms with Crippen LogP contribution in [0.15, 0.2) is 39.8 Å². The molecule has 0 radical (unpaired) electrons. The van der Waals surface area contributed by atoms with Gasteiger partial charge in [0, 0.05) is 32.1 Å². The predicted octanol–water partition coefficient (Wildman–Crippen LogP) is 3.94. The van der Waals surface area contributed by atoms with Crippen molar-refractivity contribution in [3.05, 3.63) is 52.4 Å². The lowest BCUT2D eigenvalue weighted by molar-refractivity contribution is 0.0954. The topological polar surface area (TPSA) is 91.6 Å². The smallest absolute Gasteiger partial charge is 0.252 e. The molecule has 9 heteroatoms. The molecule has 0 unspecified atom stereocenters. The maximum absolute atomic E-state index is 12.1. The molecule has 0 fully saturated rings. The van der Waals surface area contributed by atoms with E-state index in [0.29, 0.717) is 42.1 Å². The molecule has 0 bridgehead atoms. The summed E-state index contributed by atoms with van der Waals surface area (Å²) in [5.41, 5.74) is 1.46. The summed E-state index contributed by atoms with van der Waals surface area (Å²) < 4.78 is 5.40. The van der Waals surface area contributed by atoms with E-state index in [-0.39, 0.29) is 29.9 Å². The van der Waals surface area contributed by atoms with Gasteiger partial charge in [-0.15, -0.1) is 24.0 Å². The molecule has 0 aliphatic heterocycles. The fourth-order valence-corrected chi connectivity index (χ4v) is 3.02. The molecule has 0 aliphatic rings. The summed E-state index contributed by atoms with van der Waals surface area (Å²) >= 11 is 6.02. The van der Waals surface area contributed by atoms with Gasteiger partial charge in [-0.05, 0) is 25.0 Å². The summed E-state index contributed by atoms with van der Waals surface area (Å²) in [5, 5.41) is 13.7. The van der Waals surface area contributed by atoms with E-state index in [1.54, 1.807) is 31.3 Å². The molecule has 1 aromatic carbocycles. The van der Waals surface area contributed by atoms with Crippen LogP contribution in [0.1, 0.15) is 54.4 Å². The first kappa shape index (κ1) is 25.2. The van der Waals surface area contributed by atoms with Gasteiger partial charge < -0.3 is 20.5 Å². The standard InChI is InChI=1S/C20H28ClN5O2.HI/c1-4-14(5-2)18-12-15(28-26-18)13-25-20(22-3)24-11-10-23-19(27)16-8-6-7-9-17(16)21;/h6-9,12,14H,4-5,10-11,13H2,1-3H3,(H,23,27)(H2,22,24,25);1H. The van der Waals surface area contributed by atoms with Crippen molar-refractivity contribution in [1.82, 2.24) is 21.1 Å². The highest BCUT2D eigenvalue weighted by molar-refractivity contribution is 14.0. The van der Waals surface area contributed by atoms with Crippen LogP contribution in [0, 0.1) is 0 Å². The third-order valence-electron chi connectivity index (χ3n) is 4.46. The zero-order valence-electron chi connectivity index (χ0n) is 17.0. The third-order valence-corrected chi connectivity index (χ3v) is 4.79. The first-order chi connectivity index (χ1) is 13.6. The number of halogens is 2. The lowest BCUT2D eigenvalue weighted by atomic mass is 9.99. The normalized spacial score (nSPS) is 11.1. The zero-order valence-corrected chi connectivity index (χ0v) is 20.1. The molecular formula is C20H29ClIN5O2. The van der Waals surface area contributed by atoms with Gasteiger partial charge in [-0.1, -0.05) is 42.7 Å². The molecule has 1 aromatic heterocycles. The van der Waals surface area contributed by atoms with Crippen LogP contribution in [0.5, 0.6) is 0 Å². The average molecular weight is 534 g/mol. The van der Waals surface area contributed by atoms with Gasteiger partial charge >= 0.3 is 0 Å². The monoisotopic (exact) mass is 533 g/mol. The Morgan fingerprint density at radius 2 is 1.86 bits per heavy atom. The van der Waals surface area contributed by atoms with Gasteiger partial charge in [0.05, 0.1) is 22.8 Å². The van der Waals surface area contributed by atoms with E-state index in [9.17, 15) is 4.79 Å². The number of amides is 1. The number of rotatable bonds is 9. The molecule has 1 heterocycles. The Labute approximate surface area is 194 Å². The number of benzene rings is 1. The Kier molecular flexibility index (Phi) is 11.7. The van der Waals surface area contributed by atoms with Gasteiger partial charge in [0.1, 0.15) is 0 Å². The number of carbonyl (C=O) groups is 1. The Balaban J connectivity index is 0.00000420. The van der Waals surface area contributed by atoms with Crippen molar-refractivity contribution in [2.75, 3.05) is 20.1 Å². The van der Waals surface area contributed by atoms with E-state index < -0.39 is 0 Å². The quantitative estimate of drug-likeness (QED) is 0.197. The number of carbonyl (C=O) groups excluding carboxylic acids is 1. The minimum absolute atomic E-state index is 0. The van der Waals surface area contributed by atoms with Crippen LogP contribution in [-0.4, -0.2) is 37.2 Å². The third kappa shape index (κ3) is 7.85. The van der Waals surface area contributed by atoms with Crippen molar-refractivity contribution in [3.8, 4) is 0 Å². The molecule has 2 aromatic rings. The first-order valence-electron chi connectivity index (χ1n) is 9.51. The van der Waals surface area contributed by atoms with Gasteiger partial charge in [0.2, 0.25) is 0 Å². The molecule has 29 heavy (non-hydrogen) atoms. The summed E-state index contributed by atoms with van der Waals surface area (Å²) in [7, 11) is 1.69. The highest BCUT2D eigenvalue weighted by atomic mass is 127. The van der Waals surface area contributed by atoms with Crippen molar-refractivity contribution in [3.63, 3.8) is 0 Å². The van der Waals surface area contributed by atoms with E-state index >= 15 is 0 Å².